The smallest absolute Gasteiger partial charge is 0.306 e. The average molecular weight is 414 g/mol. The van der Waals surface area contributed by atoms with Crippen molar-refractivity contribution in [1.29, 1.82) is 0 Å². The lowest BCUT2D eigenvalue weighted by molar-refractivity contribution is -0.115. The molecule has 3 rings (SSSR count). The summed E-state index contributed by atoms with van der Waals surface area (Å²) in [5.41, 5.74) is 3.58. The van der Waals surface area contributed by atoms with E-state index in [1.54, 1.807) is 28.4 Å². The van der Waals surface area contributed by atoms with Crippen molar-refractivity contribution in [3.8, 4) is 0 Å². The Morgan fingerprint density at radius 2 is 2.03 bits per heavy atom. The number of aromatic nitrogens is 1. The van der Waals surface area contributed by atoms with Crippen LogP contribution >= 0.6 is 11.3 Å². The number of thiazole rings is 1. The van der Waals surface area contributed by atoms with Crippen LogP contribution in [0, 0.1) is 19.7 Å². The minimum atomic E-state index is -1.04. The molecule has 0 aliphatic heterocycles. The Morgan fingerprint density at radius 3 is 2.72 bits per heavy atom. The SMILES string of the molecule is C=NC(=O)/C(F)=C\N(CNc1cc2sc(C)nc2cc1C)Cc1ccc(F)cc1. The quantitative estimate of drug-likeness (QED) is 0.337. The molecule has 0 spiro atoms. The van der Waals surface area contributed by atoms with Crippen LogP contribution < -0.4 is 5.32 Å². The van der Waals surface area contributed by atoms with Crippen LogP contribution in [0.4, 0.5) is 14.5 Å². The van der Waals surface area contributed by atoms with Crippen molar-refractivity contribution < 1.29 is 13.6 Å². The summed E-state index contributed by atoms with van der Waals surface area (Å²) in [6.45, 7) is 7.46. The summed E-state index contributed by atoms with van der Waals surface area (Å²) >= 11 is 1.59. The summed E-state index contributed by atoms with van der Waals surface area (Å²) in [7, 11) is 0. The maximum absolute atomic E-state index is 14.1. The molecule has 0 aliphatic rings. The van der Waals surface area contributed by atoms with Crippen molar-refractivity contribution >= 4 is 39.9 Å². The van der Waals surface area contributed by atoms with Crippen LogP contribution in [0.15, 0.2) is 53.4 Å². The number of hydrogen-bond acceptors (Lipinski definition) is 5. The molecular weight excluding hydrogens is 394 g/mol. The molecule has 1 amide bonds. The molecule has 2 aromatic carbocycles. The molecule has 1 N–H and O–H groups in total. The van der Waals surface area contributed by atoms with Gasteiger partial charge in [-0.2, -0.15) is 4.39 Å². The van der Waals surface area contributed by atoms with E-state index in [9.17, 15) is 13.6 Å². The lowest BCUT2D eigenvalue weighted by Crippen LogP contribution is -2.25. The van der Waals surface area contributed by atoms with Crippen molar-refractivity contribution in [2.24, 2.45) is 4.99 Å². The maximum Gasteiger partial charge on any atom is 0.306 e. The van der Waals surface area contributed by atoms with Gasteiger partial charge in [-0.25, -0.2) is 14.4 Å². The summed E-state index contributed by atoms with van der Waals surface area (Å²) in [5, 5.41) is 4.25. The Morgan fingerprint density at radius 1 is 1.31 bits per heavy atom. The fraction of sp³-hybridized carbons (Fsp3) is 0.190. The van der Waals surface area contributed by atoms with Crippen LogP contribution in [-0.4, -0.2) is 29.2 Å². The van der Waals surface area contributed by atoms with Gasteiger partial charge in [-0.3, -0.25) is 4.79 Å². The highest BCUT2D eigenvalue weighted by Crippen LogP contribution is 2.28. The van der Waals surface area contributed by atoms with Gasteiger partial charge in [-0.15, -0.1) is 11.3 Å². The third-order valence-electron chi connectivity index (χ3n) is 4.26. The highest BCUT2D eigenvalue weighted by Gasteiger charge is 2.11. The summed E-state index contributed by atoms with van der Waals surface area (Å²) < 4.78 is 28.3. The molecule has 1 aromatic heterocycles. The van der Waals surface area contributed by atoms with E-state index in [4.69, 9.17) is 0 Å². The van der Waals surface area contributed by atoms with Gasteiger partial charge in [0.2, 0.25) is 5.83 Å². The van der Waals surface area contributed by atoms with E-state index in [0.717, 1.165) is 38.2 Å². The second-order valence-corrected chi connectivity index (χ2v) is 7.75. The fourth-order valence-corrected chi connectivity index (χ4v) is 3.68. The molecule has 5 nitrogen and oxygen atoms in total. The number of amides is 1. The molecule has 8 heteroatoms. The van der Waals surface area contributed by atoms with E-state index in [-0.39, 0.29) is 19.0 Å². The standard InChI is InChI=1S/C21H20F2N4OS/c1-13-8-19-20(29-14(2)26-19)9-18(13)25-12-27(11-17(23)21(28)24-3)10-15-4-6-16(22)7-5-15/h4-9,11,25H,3,10,12H2,1-2H3/b17-11+. The summed E-state index contributed by atoms with van der Waals surface area (Å²) in [4.78, 5) is 20.6. The lowest BCUT2D eigenvalue weighted by Gasteiger charge is -2.22. The second kappa shape index (κ2) is 8.91. The first kappa shape index (κ1) is 20.6. The minimum absolute atomic E-state index is 0.222. The monoisotopic (exact) mass is 414 g/mol. The normalized spacial score (nSPS) is 11.5. The third kappa shape index (κ3) is 5.23. The van der Waals surface area contributed by atoms with Crippen LogP contribution in [0.5, 0.6) is 0 Å². The Bertz CT molecular complexity index is 1080. The van der Waals surface area contributed by atoms with Crippen LogP contribution in [0.25, 0.3) is 10.2 Å². The van der Waals surface area contributed by atoms with E-state index in [1.165, 1.54) is 12.1 Å². The Labute approximate surface area is 171 Å². The van der Waals surface area contributed by atoms with Gasteiger partial charge in [0, 0.05) is 18.4 Å². The van der Waals surface area contributed by atoms with Gasteiger partial charge in [0.05, 0.1) is 21.9 Å². The molecule has 1 heterocycles. The molecule has 0 fully saturated rings. The third-order valence-corrected chi connectivity index (χ3v) is 5.19. The van der Waals surface area contributed by atoms with Crippen LogP contribution in [0.3, 0.4) is 0 Å². The van der Waals surface area contributed by atoms with Gasteiger partial charge in [0.1, 0.15) is 5.82 Å². The molecule has 0 saturated heterocycles. The van der Waals surface area contributed by atoms with Gasteiger partial charge in [-0.05, 0) is 56.0 Å². The van der Waals surface area contributed by atoms with E-state index < -0.39 is 11.7 Å². The van der Waals surface area contributed by atoms with E-state index in [0.29, 0.717) is 0 Å². The molecule has 29 heavy (non-hydrogen) atoms. The fourth-order valence-electron chi connectivity index (χ4n) is 2.83. The zero-order valence-corrected chi connectivity index (χ0v) is 16.9. The summed E-state index contributed by atoms with van der Waals surface area (Å²) in [6.07, 6.45) is 1.08. The summed E-state index contributed by atoms with van der Waals surface area (Å²) in [6, 6.07) is 9.89. The Hall–Kier alpha value is -3.13. The largest absolute Gasteiger partial charge is 0.368 e. The van der Waals surface area contributed by atoms with E-state index in [1.807, 2.05) is 26.0 Å². The first-order chi connectivity index (χ1) is 13.9. The number of anilines is 1. The number of halogens is 2. The molecule has 150 valence electrons. The number of aliphatic imine (C=N–C) groups is 1. The number of rotatable bonds is 7. The number of fused-ring (bicyclic) bond motifs is 1. The first-order valence-electron chi connectivity index (χ1n) is 8.84. The summed E-state index contributed by atoms with van der Waals surface area (Å²) in [5.74, 6) is -2.41. The average Bonchev–Trinajstić information content (AvgIpc) is 3.05. The molecule has 0 bridgehead atoms. The molecule has 0 atom stereocenters. The molecule has 0 radical (unpaired) electrons. The number of nitrogens with one attached hydrogen (secondary N) is 1. The lowest BCUT2D eigenvalue weighted by atomic mass is 10.2. The molecular formula is C21H20F2N4OS. The topological polar surface area (TPSA) is 57.6 Å². The zero-order chi connectivity index (χ0) is 21.0. The van der Waals surface area contributed by atoms with Gasteiger partial charge in [0.25, 0.3) is 0 Å². The number of benzene rings is 2. The minimum Gasteiger partial charge on any atom is -0.368 e. The predicted octanol–water partition coefficient (Wildman–Crippen LogP) is 4.96. The van der Waals surface area contributed by atoms with Crippen molar-refractivity contribution in [1.82, 2.24) is 9.88 Å². The van der Waals surface area contributed by atoms with Gasteiger partial charge < -0.3 is 10.2 Å². The Kier molecular flexibility index (Phi) is 6.33. The highest BCUT2D eigenvalue weighted by atomic mass is 32.1. The molecule has 0 saturated carbocycles. The predicted molar refractivity (Wildman–Crippen MR) is 113 cm³/mol. The van der Waals surface area contributed by atoms with E-state index >= 15 is 0 Å². The molecule has 3 aromatic rings. The number of carbonyl (C=O) groups excluding carboxylic acids is 1. The number of aryl methyl sites for hydroxylation is 2. The van der Waals surface area contributed by atoms with Crippen LogP contribution in [0.1, 0.15) is 16.1 Å². The van der Waals surface area contributed by atoms with Crippen LogP contribution in [0.2, 0.25) is 0 Å². The Balaban J connectivity index is 1.82. The van der Waals surface area contributed by atoms with Crippen molar-refractivity contribution in [3.63, 3.8) is 0 Å². The number of carbonyl (C=O) groups is 1. The molecule has 0 aliphatic carbocycles. The van der Waals surface area contributed by atoms with Crippen molar-refractivity contribution in [2.45, 2.75) is 20.4 Å². The van der Waals surface area contributed by atoms with Gasteiger partial charge in [0.15, 0.2) is 0 Å². The zero-order valence-electron chi connectivity index (χ0n) is 16.1. The highest BCUT2D eigenvalue weighted by molar-refractivity contribution is 7.18. The second-order valence-electron chi connectivity index (χ2n) is 6.52. The maximum atomic E-state index is 14.1. The van der Waals surface area contributed by atoms with Crippen molar-refractivity contribution in [2.75, 3.05) is 12.0 Å². The number of nitrogens with zero attached hydrogens (tertiary/aromatic N) is 3. The first-order valence-corrected chi connectivity index (χ1v) is 9.66. The van der Waals surface area contributed by atoms with Crippen LogP contribution in [-0.2, 0) is 11.3 Å². The van der Waals surface area contributed by atoms with E-state index in [2.05, 4.69) is 22.0 Å². The number of hydrogen-bond donors (Lipinski definition) is 1. The van der Waals surface area contributed by atoms with Gasteiger partial charge in [-0.1, -0.05) is 12.1 Å². The van der Waals surface area contributed by atoms with Crippen molar-refractivity contribution in [3.05, 3.63) is 70.4 Å². The molecule has 0 unspecified atom stereocenters. The van der Waals surface area contributed by atoms with Gasteiger partial charge >= 0.3 is 5.91 Å².